The molecule has 2 nitrogen and oxygen atoms in total. The fourth-order valence-corrected chi connectivity index (χ4v) is 22.8. The SMILES string of the molecule is c1ccc2c(c1)-c1ccccc1C21c2ccc3ccccc3c2-c2cccc(-c3c4cccc(-c5cccc6c5-c5ccccc5C65c6ccccc6-n6c7ccccc7c7cccc5c76)c4cc4c(-c5cccc6c5-c5ccccc5C65c6ccccc6-n6c7ccccc7c7cccc5c76)cccc34)c21. The summed E-state index contributed by atoms with van der Waals surface area (Å²) in [6.45, 7) is 0. The Morgan fingerprint density at radius 3 is 1.04 bits per heavy atom. The van der Waals surface area contributed by atoms with Crippen LogP contribution >= 0.6 is 0 Å². The number of hydrogen-bond donors (Lipinski definition) is 0. The van der Waals surface area contributed by atoms with Gasteiger partial charge in [-0.05, 0) is 207 Å². The minimum atomic E-state index is -0.658. The van der Waals surface area contributed by atoms with Crippen LogP contribution in [0.25, 0.3) is 165 Å². The summed E-state index contributed by atoms with van der Waals surface area (Å²) in [4.78, 5) is 0. The molecule has 0 bridgehead atoms. The molecule has 2 aromatic heterocycles. The second-order valence-corrected chi connectivity index (χ2v) is 30.5. The van der Waals surface area contributed by atoms with Gasteiger partial charge >= 0.3 is 0 Å². The van der Waals surface area contributed by atoms with Crippen molar-refractivity contribution in [1.29, 1.82) is 0 Å². The van der Waals surface area contributed by atoms with Crippen molar-refractivity contribution < 1.29 is 0 Å². The van der Waals surface area contributed by atoms with Crippen molar-refractivity contribution in [3.63, 3.8) is 0 Å². The van der Waals surface area contributed by atoms with E-state index in [1.54, 1.807) is 0 Å². The highest BCUT2D eigenvalue weighted by Gasteiger charge is 2.56. The highest BCUT2D eigenvalue weighted by Crippen LogP contribution is 2.69. The Hall–Kier alpha value is -13.7. The molecular formula is C105H60N2. The summed E-state index contributed by atoms with van der Waals surface area (Å²) in [6.07, 6.45) is 0. The number of benzene rings is 18. The van der Waals surface area contributed by atoms with E-state index in [0.717, 1.165) is 0 Å². The van der Waals surface area contributed by atoms with Gasteiger partial charge in [0.25, 0.3) is 0 Å². The lowest BCUT2D eigenvalue weighted by Crippen LogP contribution is -2.33. The monoisotopic (exact) mass is 1350 g/mol. The minimum absolute atomic E-state index is 0.633. The molecular weight excluding hydrogens is 1290 g/mol. The van der Waals surface area contributed by atoms with Crippen molar-refractivity contribution in [1.82, 2.24) is 9.13 Å². The first-order valence-electron chi connectivity index (χ1n) is 37.7. The van der Waals surface area contributed by atoms with Gasteiger partial charge in [0.2, 0.25) is 0 Å². The third-order valence-electron chi connectivity index (χ3n) is 26.3. The van der Waals surface area contributed by atoms with E-state index in [2.05, 4.69) is 373 Å². The van der Waals surface area contributed by atoms with Crippen LogP contribution in [0, 0.1) is 0 Å². The molecule has 0 saturated heterocycles. The topological polar surface area (TPSA) is 9.86 Å². The highest BCUT2D eigenvalue weighted by molar-refractivity contribution is 6.23. The van der Waals surface area contributed by atoms with Crippen LogP contribution in [0.15, 0.2) is 364 Å². The Balaban J connectivity index is 0.802. The Morgan fingerprint density at radius 2 is 0.505 bits per heavy atom. The standard InChI is InChI=1S/C105H60N2/c1-2-27-62-61(26-1)58-59-89-97(62)78-43-21-42-77(100(78)105(89)81-44-9-3-28-65(81)66-29-4-10-45-82(66)105)96-71-36-19-34-63(69-38-22-50-87-98(69)75-32-5-11-46-83(75)103(87)85-48-13-17-56-94(85)106-92-54-15-7-30-67(92)73-40-24-52-90(103)101(73)106)79(71)60-80-64(35-20-37-72(80)96)70-39-23-51-88-99(70)76-33-6-12-47-84(76)104(88)86-49-14-18-57-95(86)107-93-55-16-8-31-68(93)74-41-25-53-91(104)102(74)107/h1-60H. The molecule has 2 aliphatic heterocycles. The molecule has 490 valence electrons. The summed E-state index contributed by atoms with van der Waals surface area (Å²) in [6, 6.07) is 141. The predicted molar refractivity (Wildman–Crippen MR) is 442 cm³/mol. The zero-order valence-corrected chi connectivity index (χ0v) is 58.0. The fraction of sp³-hybridized carbons (Fsp3) is 0.0286. The zero-order chi connectivity index (χ0) is 69.3. The largest absolute Gasteiger partial charge is 0.309 e. The van der Waals surface area contributed by atoms with Crippen LogP contribution in [0.5, 0.6) is 0 Å². The van der Waals surface area contributed by atoms with Gasteiger partial charge in [-0.3, -0.25) is 0 Å². The van der Waals surface area contributed by atoms with Gasteiger partial charge in [0.05, 0.1) is 49.7 Å². The molecule has 2 unspecified atom stereocenters. The van der Waals surface area contributed by atoms with Crippen LogP contribution in [0.3, 0.4) is 0 Å². The van der Waals surface area contributed by atoms with Crippen molar-refractivity contribution in [3.8, 4) is 89.3 Å². The fourth-order valence-electron chi connectivity index (χ4n) is 22.8. The molecule has 107 heavy (non-hydrogen) atoms. The van der Waals surface area contributed by atoms with Crippen molar-refractivity contribution in [2.75, 3.05) is 0 Å². The normalized spacial score (nSPS) is 16.4. The molecule has 4 aliphatic carbocycles. The van der Waals surface area contributed by atoms with Crippen LogP contribution in [-0.4, -0.2) is 9.13 Å². The van der Waals surface area contributed by atoms with Gasteiger partial charge in [0.15, 0.2) is 0 Å². The number of hydrogen-bond acceptors (Lipinski definition) is 0. The Kier molecular flexibility index (Phi) is 10.6. The summed E-state index contributed by atoms with van der Waals surface area (Å²) < 4.78 is 5.12. The van der Waals surface area contributed by atoms with Gasteiger partial charge in [0.1, 0.15) is 0 Å². The molecule has 0 saturated carbocycles. The van der Waals surface area contributed by atoms with E-state index in [9.17, 15) is 0 Å². The number of nitrogens with zero attached hydrogens (tertiary/aromatic N) is 2. The van der Waals surface area contributed by atoms with E-state index in [0.29, 0.717) is 0 Å². The molecule has 4 heterocycles. The lowest BCUT2D eigenvalue weighted by atomic mass is 9.65. The van der Waals surface area contributed by atoms with Crippen LogP contribution in [0.4, 0.5) is 0 Å². The number of rotatable bonds is 3. The van der Waals surface area contributed by atoms with Crippen molar-refractivity contribution in [2.45, 2.75) is 16.2 Å². The molecule has 0 fully saturated rings. The van der Waals surface area contributed by atoms with Crippen LogP contribution in [0.1, 0.15) is 66.8 Å². The maximum Gasteiger partial charge on any atom is 0.0754 e. The van der Waals surface area contributed by atoms with Gasteiger partial charge in [-0.2, -0.15) is 0 Å². The zero-order valence-electron chi connectivity index (χ0n) is 58.0. The maximum absolute atomic E-state index is 2.62. The molecule has 0 N–H and O–H groups in total. The van der Waals surface area contributed by atoms with Gasteiger partial charge in [-0.1, -0.05) is 334 Å². The summed E-state index contributed by atoms with van der Waals surface area (Å²) in [5.74, 6) is 0. The lowest BCUT2D eigenvalue weighted by molar-refractivity contribution is 0.748. The lowest BCUT2D eigenvalue weighted by Gasteiger charge is -2.39. The molecule has 6 aliphatic rings. The highest BCUT2D eigenvalue weighted by atomic mass is 15.0. The molecule has 3 spiro atoms. The first-order valence-corrected chi connectivity index (χ1v) is 37.7. The van der Waals surface area contributed by atoms with E-state index >= 15 is 0 Å². The smallest absolute Gasteiger partial charge is 0.0754 e. The van der Waals surface area contributed by atoms with Crippen molar-refractivity contribution >= 4 is 75.9 Å². The van der Waals surface area contributed by atoms with Gasteiger partial charge in [-0.25, -0.2) is 0 Å². The van der Waals surface area contributed by atoms with E-state index in [1.165, 1.54) is 232 Å². The van der Waals surface area contributed by atoms with Gasteiger partial charge in [-0.15, -0.1) is 0 Å². The van der Waals surface area contributed by atoms with E-state index in [-0.39, 0.29) is 0 Å². The Labute approximate surface area is 617 Å². The second kappa shape index (κ2) is 20.0. The van der Waals surface area contributed by atoms with E-state index < -0.39 is 16.2 Å². The van der Waals surface area contributed by atoms with Crippen molar-refractivity contribution in [2.24, 2.45) is 0 Å². The predicted octanol–water partition coefficient (Wildman–Crippen LogP) is 26.0. The average Bonchev–Trinajstić information content (AvgIpc) is 1.53. The van der Waals surface area contributed by atoms with Gasteiger partial charge < -0.3 is 9.13 Å². The molecule has 18 aromatic carbocycles. The Morgan fingerprint density at radius 1 is 0.168 bits per heavy atom. The van der Waals surface area contributed by atoms with Crippen LogP contribution < -0.4 is 0 Å². The van der Waals surface area contributed by atoms with Crippen LogP contribution in [-0.2, 0) is 16.2 Å². The van der Waals surface area contributed by atoms with Crippen LogP contribution in [0.2, 0.25) is 0 Å². The van der Waals surface area contributed by atoms with E-state index in [4.69, 9.17) is 0 Å². The molecule has 2 atom stereocenters. The Bertz CT molecular complexity index is 7160. The van der Waals surface area contributed by atoms with E-state index in [1.807, 2.05) is 0 Å². The second-order valence-electron chi connectivity index (χ2n) is 30.5. The summed E-state index contributed by atoms with van der Waals surface area (Å²) in [7, 11) is 0. The molecule has 0 radical (unpaired) electrons. The third kappa shape index (κ3) is 6.51. The number of para-hydroxylation sites is 6. The number of aromatic nitrogens is 2. The summed E-state index contributed by atoms with van der Waals surface area (Å²) >= 11 is 0. The van der Waals surface area contributed by atoms with Gasteiger partial charge in [0, 0.05) is 21.5 Å². The number of fused-ring (bicyclic) bond motifs is 38. The minimum Gasteiger partial charge on any atom is -0.309 e. The summed E-state index contributed by atoms with van der Waals surface area (Å²) in [5, 5.41) is 12.5. The first kappa shape index (κ1) is 56.8. The molecule has 0 amide bonds. The average molecular weight is 1350 g/mol. The first-order chi connectivity index (χ1) is 53.2. The van der Waals surface area contributed by atoms with Crippen molar-refractivity contribution in [3.05, 3.63) is 431 Å². The quantitative estimate of drug-likeness (QED) is 0.156. The molecule has 26 rings (SSSR count). The third-order valence-corrected chi connectivity index (χ3v) is 26.3. The summed E-state index contributed by atoms with van der Waals surface area (Å²) in [5.41, 5.74) is 39.0. The molecule has 20 aromatic rings. The maximum atomic E-state index is 2.62. The molecule has 2 heteroatoms.